The van der Waals surface area contributed by atoms with Crippen LogP contribution in [0.5, 0.6) is 0 Å². The fourth-order valence-electron chi connectivity index (χ4n) is 3.89. The van der Waals surface area contributed by atoms with Gasteiger partial charge in [-0.05, 0) is 12.8 Å². The van der Waals surface area contributed by atoms with E-state index in [1.165, 1.54) is 89.9 Å². The molecule has 0 radical (unpaired) electrons. The van der Waals surface area contributed by atoms with Crippen LogP contribution in [0.25, 0.3) is 0 Å². The minimum Gasteiger partial charge on any atom is -0.547 e. The first-order valence-electron chi connectivity index (χ1n) is 14.1. The Balaban J connectivity index is -0.000000569. The maximum absolute atomic E-state index is 10.2. The molecule has 0 bridgehead atoms. The monoisotopic (exact) mass is 526 g/mol. The largest absolute Gasteiger partial charge is 2.00 e. The van der Waals surface area contributed by atoms with Crippen molar-refractivity contribution in [1.82, 2.24) is 0 Å². The molecule has 35 heavy (non-hydrogen) atoms. The van der Waals surface area contributed by atoms with Crippen LogP contribution in [0.2, 0.25) is 0 Å². The van der Waals surface area contributed by atoms with Crippen LogP contribution in [0, 0.1) is 0 Å². The quantitative estimate of drug-likeness (QED) is 0.142. The molecule has 0 spiro atoms. The van der Waals surface area contributed by atoms with E-state index in [2.05, 4.69) is 13.8 Å². The van der Waals surface area contributed by atoms with Crippen LogP contribution >= 0.6 is 0 Å². The summed E-state index contributed by atoms with van der Waals surface area (Å²) in [6.07, 6.45) is 22.4. The van der Waals surface area contributed by atoms with E-state index in [1.54, 1.807) is 0 Å². The number of carboxylic acid groups (broad SMARTS) is 2. The summed E-state index contributed by atoms with van der Waals surface area (Å²) in [4.78, 5) is 20.5. The van der Waals surface area contributed by atoms with Crippen molar-refractivity contribution >= 4 is 49.7 Å². The predicted octanol–water partition coefficient (Wildman–Crippen LogP) is 4.44. The number of carboxylic acids is 2. The summed E-state index contributed by atoms with van der Waals surface area (Å²) in [5.74, 6) is -2.69. The molecule has 0 rings (SSSR count). The topological polar surface area (TPSA) is 121 Å². The molecule has 0 aliphatic heterocycles. The minimum absolute atomic E-state index is 0. The summed E-state index contributed by atoms with van der Waals surface area (Å²) >= 11 is 0. The number of aliphatic carboxylic acids is 2. The van der Waals surface area contributed by atoms with Gasteiger partial charge in [-0.2, -0.15) is 0 Å². The smallest absolute Gasteiger partial charge is 0.547 e. The molecule has 7 heteroatoms. The average molecular weight is 527 g/mol. The second kappa shape index (κ2) is 32.1. The van der Waals surface area contributed by atoms with Crippen molar-refractivity contribution in [3.63, 3.8) is 0 Å². The molecule has 2 N–H and O–H groups in total. The summed E-state index contributed by atoms with van der Waals surface area (Å²) in [5, 5.41) is 38.4. The molecule has 0 aromatic carbocycles. The number of hydrogen-bond donors (Lipinski definition) is 2. The summed E-state index contributed by atoms with van der Waals surface area (Å²) < 4.78 is 0. The molecule has 0 aliphatic carbocycles. The maximum Gasteiger partial charge on any atom is 2.00 e. The second-order valence-electron chi connectivity index (χ2n) is 9.61. The van der Waals surface area contributed by atoms with E-state index in [0.29, 0.717) is 12.8 Å². The van der Waals surface area contributed by atoms with Crippen molar-refractivity contribution in [1.29, 1.82) is 0 Å². The molecule has 0 aromatic heterocycles. The van der Waals surface area contributed by atoms with E-state index in [4.69, 9.17) is 10.2 Å². The molecule has 0 fully saturated rings. The number of rotatable bonds is 24. The Labute approximate surface area is 245 Å². The normalized spacial score (nSPS) is 12.2. The number of aliphatic hydroxyl groups excluding tert-OH is 2. The van der Waals surface area contributed by atoms with Gasteiger partial charge in [-0.15, -0.1) is 0 Å². The molecular weight excluding hydrogens is 472 g/mol. The van der Waals surface area contributed by atoms with Gasteiger partial charge in [0.25, 0.3) is 0 Å². The van der Waals surface area contributed by atoms with Gasteiger partial charge in [0, 0.05) is 0 Å². The molecule has 0 aromatic rings. The molecule has 0 aliphatic rings. The van der Waals surface area contributed by atoms with E-state index in [1.807, 2.05) is 0 Å². The molecule has 2 atom stereocenters. The summed E-state index contributed by atoms with van der Waals surface area (Å²) in [7, 11) is 0. The van der Waals surface area contributed by atoms with Crippen LogP contribution in [0.1, 0.15) is 155 Å². The first-order valence-corrected chi connectivity index (χ1v) is 14.1. The first kappa shape index (κ1) is 39.6. The van der Waals surface area contributed by atoms with E-state index in [-0.39, 0.29) is 37.7 Å². The van der Waals surface area contributed by atoms with E-state index in [9.17, 15) is 19.8 Å². The zero-order valence-electron chi connectivity index (χ0n) is 22.9. The van der Waals surface area contributed by atoms with Crippen molar-refractivity contribution in [2.24, 2.45) is 0 Å². The van der Waals surface area contributed by atoms with Gasteiger partial charge in [0.15, 0.2) is 0 Å². The van der Waals surface area contributed by atoms with Crippen molar-refractivity contribution < 1.29 is 30.0 Å². The Morgan fingerprint density at radius 3 is 0.886 bits per heavy atom. The molecule has 6 nitrogen and oxygen atoms in total. The third-order valence-electron chi connectivity index (χ3n) is 6.21. The van der Waals surface area contributed by atoms with Crippen LogP contribution in [-0.2, 0) is 9.59 Å². The van der Waals surface area contributed by atoms with Gasteiger partial charge in [-0.25, -0.2) is 0 Å². The van der Waals surface area contributed by atoms with Crippen LogP contribution in [0.15, 0.2) is 0 Å². The minimum atomic E-state index is -1.35. The third-order valence-corrected chi connectivity index (χ3v) is 6.21. The molecule has 0 saturated heterocycles. The van der Waals surface area contributed by atoms with Crippen LogP contribution in [0.4, 0.5) is 0 Å². The average Bonchev–Trinajstić information content (AvgIpc) is 2.81. The number of carbonyl (C=O) groups is 2. The second-order valence-corrected chi connectivity index (χ2v) is 9.61. The number of hydrogen-bond acceptors (Lipinski definition) is 6. The zero-order chi connectivity index (χ0) is 25.9. The van der Waals surface area contributed by atoms with Crippen molar-refractivity contribution in [3.8, 4) is 0 Å². The number of carbonyl (C=O) groups excluding carboxylic acids is 2. The fourth-order valence-corrected chi connectivity index (χ4v) is 3.89. The third kappa shape index (κ3) is 34.1. The van der Waals surface area contributed by atoms with Gasteiger partial charge >= 0.3 is 37.7 Å². The predicted molar refractivity (Wildman–Crippen MR) is 141 cm³/mol. The van der Waals surface area contributed by atoms with Gasteiger partial charge in [0.05, 0.1) is 24.1 Å². The van der Waals surface area contributed by atoms with Gasteiger partial charge < -0.3 is 30.0 Å². The summed E-state index contributed by atoms with van der Waals surface area (Å²) in [6, 6.07) is 0. The van der Waals surface area contributed by atoms with E-state index in [0.717, 1.165) is 38.5 Å². The van der Waals surface area contributed by atoms with Gasteiger partial charge in [0.2, 0.25) is 0 Å². The van der Waals surface area contributed by atoms with Gasteiger partial charge in [-0.1, -0.05) is 142 Å². The van der Waals surface area contributed by atoms with Crippen molar-refractivity contribution in [2.45, 2.75) is 167 Å². The molecule has 0 saturated carbocycles. The summed E-state index contributed by atoms with van der Waals surface area (Å²) in [6.45, 7) is 4.45. The first-order chi connectivity index (χ1) is 16.4. The maximum atomic E-state index is 10.2. The molecular formula is C28H54CaO6. The fraction of sp³-hybridized carbons (Fsp3) is 0.929. The standard InChI is InChI=1S/2C14H28O3.Ca/c2*1-2-3-4-5-6-7-8-9-10-11-12-13(15)14(16)17;/h2*13,15H,2-12H2,1H3,(H,16,17);/q;;+2/p-2. The Morgan fingerprint density at radius 1 is 0.486 bits per heavy atom. The van der Waals surface area contributed by atoms with Crippen LogP contribution < -0.4 is 10.2 Å². The number of unbranched alkanes of at least 4 members (excludes halogenated alkanes) is 18. The van der Waals surface area contributed by atoms with Crippen LogP contribution in [-0.4, -0.2) is 72.1 Å². The van der Waals surface area contributed by atoms with Gasteiger partial charge in [-0.3, -0.25) is 0 Å². The van der Waals surface area contributed by atoms with E-state index < -0.39 is 24.1 Å². The van der Waals surface area contributed by atoms with Crippen molar-refractivity contribution in [2.75, 3.05) is 0 Å². The Morgan fingerprint density at radius 2 is 0.686 bits per heavy atom. The Kier molecular flexibility index (Phi) is 36.4. The molecule has 0 heterocycles. The Hall–Kier alpha value is 0.120. The number of aliphatic hydroxyl groups is 2. The van der Waals surface area contributed by atoms with Gasteiger partial charge in [0.1, 0.15) is 0 Å². The van der Waals surface area contributed by atoms with Crippen molar-refractivity contribution in [3.05, 3.63) is 0 Å². The molecule has 204 valence electrons. The SMILES string of the molecule is CCCCCCCCCCCCC(O)C(=O)[O-].CCCCCCCCCCCCC(O)C(=O)[O-].[Ca+2]. The zero-order valence-corrected chi connectivity index (χ0v) is 25.2. The van der Waals surface area contributed by atoms with Crippen LogP contribution in [0.3, 0.4) is 0 Å². The van der Waals surface area contributed by atoms with E-state index >= 15 is 0 Å². The molecule has 0 amide bonds. The molecule has 2 unspecified atom stereocenters. The summed E-state index contributed by atoms with van der Waals surface area (Å²) in [5.41, 5.74) is 0. The Bertz CT molecular complexity index is 407.